The first kappa shape index (κ1) is 13.9. The Morgan fingerprint density at radius 2 is 2.00 bits per heavy atom. The quantitative estimate of drug-likeness (QED) is 0.804. The average molecular weight is 299 g/mol. The highest BCUT2D eigenvalue weighted by atomic mass is 32.1. The van der Waals surface area contributed by atoms with Crippen LogP contribution in [0.3, 0.4) is 0 Å². The molecule has 1 N–H and O–H groups in total. The Balaban J connectivity index is 1.94. The summed E-state index contributed by atoms with van der Waals surface area (Å²) in [4.78, 5) is 7.49. The van der Waals surface area contributed by atoms with E-state index in [1.807, 2.05) is 44.3 Å². The van der Waals surface area contributed by atoms with Gasteiger partial charge in [-0.15, -0.1) is 16.4 Å². The minimum absolute atomic E-state index is 0.292. The van der Waals surface area contributed by atoms with Crippen molar-refractivity contribution in [2.45, 2.75) is 19.9 Å². The molecule has 2 heterocycles. The van der Waals surface area contributed by atoms with Crippen LogP contribution in [0.5, 0.6) is 0 Å². The predicted molar refractivity (Wildman–Crippen MR) is 84.7 cm³/mol. The second-order valence-electron chi connectivity index (χ2n) is 4.83. The molecule has 108 valence electrons. The minimum atomic E-state index is 0.292. The first-order valence-corrected chi connectivity index (χ1v) is 7.63. The molecule has 5 nitrogen and oxygen atoms in total. The molecule has 0 saturated carbocycles. The van der Waals surface area contributed by atoms with Crippen LogP contribution >= 0.6 is 11.3 Å². The van der Waals surface area contributed by atoms with Gasteiger partial charge in [0, 0.05) is 10.9 Å². The minimum Gasteiger partial charge on any atom is -0.312 e. The highest BCUT2D eigenvalue weighted by Gasteiger charge is 2.16. The van der Waals surface area contributed by atoms with E-state index in [9.17, 15) is 0 Å². The fourth-order valence-electron chi connectivity index (χ4n) is 2.10. The lowest BCUT2D eigenvalue weighted by Gasteiger charge is -2.06. The number of rotatable bonds is 4. The van der Waals surface area contributed by atoms with E-state index in [4.69, 9.17) is 0 Å². The topological polar surface area (TPSA) is 55.6 Å². The third-order valence-corrected chi connectivity index (χ3v) is 4.72. The molecule has 0 radical (unpaired) electrons. The Kier molecular flexibility index (Phi) is 3.81. The number of aryl methyl sites for hydroxylation is 1. The predicted octanol–water partition coefficient (Wildman–Crippen LogP) is 2.98. The van der Waals surface area contributed by atoms with Gasteiger partial charge in [-0.05, 0) is 33.0 Å². The first-order chi connectivity index (χ1) is 10.2. The van der Waals surface area contributed by atoms with Gasteiger partial charge in [-0.2, -0.15) is 9.90 Å². The molecular formula is C15H17N5S. The van der Waals surface area contributed by atoms with Gasteiger partial charge in [0.25, 0.3) is 0 Å². The largest absolute Gasteiger partial charge is 0.312 e. The molecule has 0 fully saturated rings. The van der Waals surface area contributed by atoms with Crippen molar-refractivity contribution in [1.29, 1.82) is 0 Å². The van der Waals surface area contributed by atoms with Gasteiger partial charge in [0.15, 0.2) is 0 Å². The summed E-state index contributed by atoms with van der Waals surface area (Å²) in [5.74, 6) is 0. The average Bonchev–Trinajstić information content (AvgIpc) is 3.14. The number of para-hydroxylation sites is 1. The van der Waals surface area contributed by atoms with Gasteiger partial charge in [0.1, 0.15) is 10.7 Å². The Labute approximate surface area is 127 Å². The molecule has 0 aliphatic rings. The molecule has 6 heteroatoms. The Morgan fingerprint density at radius 1 is 1.24 bits per heavy atom. The van der Waals surface area contributed by atoms with E-state index in [0.29, 0.717) is 6.04 Å². The maximum Gasteiger partial charge on any atom is 0.146 e. The monoisotopic (exact) mass is 299 g/mol. The summed E-state index contributed by atoms with van der Waals surface area (Å²) in [6, 6.07) is 10.2. The third kappa shape index (κ3) is 2.72. The molecule has 0 saturated heterocycles. The van der Waals surface area contributed by atoms with Crippen molar-refractivity contribution in [3.8, 4) is 16.4 Å². The summed E-state index contributed by atoms with van der Waals surface area (Å²) in [6.07, 6.45) is 1.76. The Hall–Kier alpha value is -2.05. The van der Waals surface area contributed by atoms with Gasteiger partial charge < -0.3 is 5.32 Å². The molecule has 0 amide bonds. The van der Waals surface area contributed by atoms with Crippen molar-refractivity contribution in [3.63, 3.8) is 0 Å². The zero-order valence-corrected chi connectivity index (χ0v) is 13.1. The number of hydrogen-bond acceptors (Lipinski definition) is 5. The fourth-order valence-corrected chi connectivity index (χ4v) is 3.17. The molecule has 3 rings (SSSR count). The van der Waals surface area contributed by atoms with E-state index in [1.165, 1.54) is 4.88 Å². The lowest BCUT2D eigenvalue weighted by Crippen LogP contribution is -2.11. The highest BCUT2D eigenvalue weighted by molar-refractivity contribution is 7.15. The normalized spacial score (nSPS) is 12.5. The second-order valence-corrected chi connectivity index (χ2v) is 5.86. The zero-order chi connectivity index (χ0) is 14.8. The lowest BCUT2D eigenvalue weighted by molar-refractivity contribution is 0.658. The summed E-state index contributed by atoms with van der Waals surface area (Å²) < 4.78 is 0. The van der Waals surface area contributed by atoms with Crippen LogP contribution in [0.15, 0.2) is 36.5 Å². The van der Waals surface area contributed by atoms with Crippen LogP contribution in [-0.2, 0) is 0 Å². The van der Waals surface area contributed by atoms with Crippen molar-refractivity contribution in [2.75, 3.05) is 7.05 Å². The van der Waals surface area contributed by atoms with Gasteiger partial charge in [-0.1, -0.05) is 18.2 Å². The Morgan fingerprint density at radius 3 is 2.71 bits per heavy atom. The molecule has 21 heavy (non-hydrogen) atoms. The van der Waals surface area contributed by atoms with Crippen molar-refractivity contribution < 1.29 is 0 Å². The van der Waals surface area contributed by atoms with Crippen LogP contribution in [0.4, 0.5) is 0 Å². The lowest BCUT2D eigenvalue weighted by atomic mass is 10.2. The molecule has 3 aromatic rings. The molecular weight excluding hydrogens is 282 g/mol. The zero-order valence-electron chi connectivity index (χ0n) is 12.2. The SMILES string of the molecule is CNC(C)c1sc(-c2cnn(-c3ccccc3)n2)nc1C. The van der Waals surface area contributed by atoms with Crippen LogP contribution in [0, 0.1) is 6.92 Å². The second kappa shape index (κ2) is 5.75. The maximum atomic E-state index is 4.62. The number of nitrogens with zero attached hydrogens (tertiary/aromatic N) is 4. The Bertz CT molecular complexity index is 732. The molecule has 0 aliphatic heterocycles. The molecule has 0 aliphatic carbocycles. The number of thiazole rings is 1. The first-order valence-electron chi connectivity index (χ1n) is 6.81. The molecule has 0 bridgehead atoms. The summed E-state index contributed by atoms with van der Waals surface area (Å²) in [6.45, 7) is 4.16. The van der Waals surface area contributed by atoms with Crippen molar-refractivity contribution in [1.82, 2.24) is 25.3 Å². The molecule has 1 aromatic carbocycles. The van der Waals surface area contributed by atoms with Gasteiger partial charge in [-0.25, -0.2) is 4.98 Å². The third-order valence-electron chi connectivity index (χ3n) is 3.36. The molecule has 2 aromatic heterocycles. The van der Waals surface area contributed by atoms with E-state index in [2.05, 4.69) is 27.4 Å². The van der Waals surface area contributed by atoms with E-state index >= 15 is 0 Å². The standard InChI is InChI=1S/C15H17N5S/c1-10(16-3)14-11(2)18-15(21-14)13-9-17-20(19-13)12-7-5-4-6-8-12/h4-10,16H,1-3H3. The van der Waals surface area contributed by atoms with Gasteiger partial charge >= 0.3 is 0 Å². The maximum absolute atomic E-state index is 4.62. The fraction of sp³-hybridized carbons (Fsp3) is 0.267. The van der Waals surface area contributed by atoms with Crippen LogP contribution in [0.1, 0.15) is 23.5 Å². The van der Waals surface area contributed by atoms with Crippen LogP contribution in [0.25, 0.3) is 16.4 Å². The summed E-state index contributed by atoms with van der Waals surface area (Å²) >= 11 is 1.66. The van der Waals surface area contributed by atoms with Gasteiger partial charge in [0.05, 0.1) is 17.6 Å². The van der Waals surface area contributed by atoms with Gasteiger partial charge in [0.2, 0.25) is 0 Å². The number of nitrogens with one attached hydrogen (secondary N) is 1. The summed E-state index contributed by atoms with van der Waals surface area (Å²) in [5.41, 5.74) is 2.80. The molecule has 0 spiro atoms. The van der Waals surface area contributed by atoms with Gasteiger partial charge in [-0.3, -0.25) is 0 Å². The molecule has 1 unspecified atom stereocenters. The highest BCUT2D eigenvalue weighted by Crippen LogP contribution is 2.30. The van der Waals surface area contributed by atoms with E-state index in [0.717, 1.165) is 22.1 Å². The van der Waals surface area contributed by atoms with E-state index in [-0.39, 0.29) is 0 Å². The smallest absolute Gasteiger partial charge is 0.146 e. The summed E-state index contributed by atoms with van der Waals surface area (Å²) in [5, 5.41) is 13.0. The number of hydrogen-bond donors (Lipinski definition) is 1. The van der Waals surface area contributed by atoms with Crippen molar-refractivity contribution >= 4 is 11.3 Å². The summed E-state index contributed by atoms with van der Waals surface area (Å²) in [7, 11) is 1.95. The van der Waals surface area contributed by atoms with Crippen LogP contribution < -0.4 is 5.32 Å². The van der Waals surface area contributed by atoms with Crippen LogP contribution in [0.2, 0.25) is 0 Å². The van der Waals surface area contributed by atoms with Crippen LogP contribution in [-0.4, -0.2) is 27.0 Å². The van der Waals surface area contributed by atoms with Crippen molar-refractivity contribution in [3.05, 3.63) is 47.1 Å². The number of aromatic nitrogens is 4. The van der Waals surface area contributed by atoms with E-state index in [1.54, 1.807) is 22.3 Å². The molecule has 1 atom stereocenters. The van der Waals surface area contributed by atoms with E-state index < -0.39 is 0 Å². The number of benzene rings is 1. The van der Waals surface area contributed by atoms with Crippen molar-refractivity contribution in [2.24, 2.45) is 0 Å².